The quantitative estimate of drug-likeness (QED) is 0.840. The number of halogens is 1. The maximum Gasteiger partial charge on any atom is 0.338 e. The summed E-state index contributed by atoms with van der Waals surface area (Å²) in [6.45, 7) is -0.0607. The molecule has 112 valence electrons. The molecular formula is C13H9ClN4O3S. The van der Waals surface area contributed by atoms with Crippen LogP contribution in [0.25, 0.3) is 0 Å². The van der Waals surface area contributed by atoms with Gasteiger partial charge in [-0.1, -0.05) is 16.1 Å². The van der Waals surface area contributed by atoms with Crippen LogP contribution in [0, 0.1) is 11.3 Å². The number of anilines is 1. The Morgan fingerprint density at radius 1 is 1.36 bits per heavy atom. The van der Waals surface area contributed by atoms with Crippen LogP contribution in [-0.4, -0.2) is 21.5 Å². The fourth-order valence-electron chi connectivity index (χ4n) is 1.47. The first-order chi connectivity index (χ1) is 10.6. The third-order valence-corrected chi connectivity index (χ3v) is 3.48. The summed E-state index contributed by atoms with van der Waals surface area (Å²) in [6, 6.07) is 7.84. The van der Waals surface area contributed by atoms with Gasteiger partial charge >= 0.3 is 5.97 Å². The SMILES string of the molecule is N#CCC(=O)Nc1ccc(C(=O)OCc2nnsc2Cl)cc1. The Balaban J connectivity index is 1.92. The summed E-state index contributed by atoms with van der Waals surface area (Å²) in [5.74, 6) is -0.956. The van der Waals surface area contributed by atoms with Crippen molar-refractivity contribution >= 4 is 40.7 Å². The fraction of sp³-hybridized carbons (Fsp3) is 0.154. The van der Waals surface area contributed by atoms with Crippen LogP contribution in [0.15, 0.2) is 24.3 Å². The molecule has 2 aromatic rings. The number of nitrogens with one attached hydrogen (secondary N) is 1. The van der Waals surface area contributed by atoms with E-state index in [1.165, 1.54) is 12.1 Å². The fourth-order valence-corrected chi connectivity index (χ4v) is 2.07. The van der Waals surface area contributed by atoms with Crippen molar-refractivity contribution in [3.05, 3.63) is 39.9 Å². The first-order valence-corrected chi connectivity index (χ1v) is 7.16. The van der Waals surface area contributed by atoms with Crippen molar-refractivity contribution in [2.45, 2.75) is 13.0 Å². The second-order valence-electron chi connectivity index (χ2n) is 4.03. The topological polar surface area (TPSA) is 105 Å². The standard InChI is InChI=1S/C13H9ClN4O3S/c14-12-10(17-18-22-12)7-21-13(20)8-1-3-9(4-2-8)16-11(19)5-6-15/h1-4H,5,7H2,(H,16,19). The lowest BCUT2D eigenvalue weighted by molar-refractivity contribution is -0.115. The third-order valence-electron chi connectivity index (χ3n) is 2.49. The van der Waals surface area contributed by atoms with Gasteiger partial charge in [0.1, 0.15) is 23.1 Å². The van der Waals surface area contributed by atoms with Crippen molar-refractivity contribution in [3.63, 3.8) is 0 Å². The van der Waals surface area contributed by atoms with Crippen molar-refractivity contribution < 1.29 is 14.3 Å². The average molecular weight is 337 g/mol. The summed E-state index contributed by atoms with van der Waals surface area (Å²) in [5, 5.41) is 14.7. The van der Waals surface area contributed by atoms with Gasteiger partial charge in [0.15, 0.2) is 0 Å². The highest BCUT2D eigenvalue weighted by Crippen LogP contribution is 2.18. The van der Waals surface area contributed by atoms with E-state index in [-0.39, 0.29) is 13.0 Å². The van der Waals surface area contributed by atoms with Gasteiger partial charge in [-0.3, -0.25) is 4.79 Å². The number of nitriles is 1. The second-order valence-corrected chi connectivity index (χ2v) is 5.39. The molecule has 0 atom stereocenters. The van der Waals surface area contributed by atoms with Crippen LogP contribution < -0.4 is 5.32 Å². The minimum atomic E-state index is -0.543. The van der Waals surface area contributed by atoms with Gasteiger partial charge in [-0.15, -0.1) is 5.10 Å². The molecule has 2 rings (SSSR count). The van der Waals surface area contributed by atoms with Gasteiger partial charge < -0.3 is 10.1 Å². The van der Waals surface area contributed by atoms with Crippen LogP contribution in [0.2, 0.25) is 4.34 Å². The number of nitrogens with zero attached hydrogens (tertiary/aromatic N) is 3. The molecule has 0 aliphatic heterocycles. The highest BCUT2D eigenvalue weighted by atomic mass is 35.5. The lowest BCUT2D eigenvalue weighted by Gasteiger charge is -2.05. The summed E-state index contributed by atoms with van der Waals surface area (Å²) >= 11 is 6.82. The number of carbonyl (C=O) groups is 2. The number of ether oxygens (including phenoxy) is 1. The zero-order valence-electron chi connectivity index (χ0n) is 11.1. The summed E-state index contributed by atoms with van der Waals surface area (Å²) in [5.41, 5.74) is 1.21. The minimum Gasteiger partial charge on any atom is -0.455 e. The van der Waals surface area contributed by atoms with E-state index < -0.39 is 11.9 Å². The first-order valence-electron chi connectivity index (χ1n) is 6.01. The molecular weight excluding hydrogens is 328 g/mol. The molecule has 0 saturated carbocycles. The Morgan fingerprint density at radius 2 is 2.09 bits per heavy atom. The van der Waals surface area contributed by atoms with Crippen LogP contribution in [0.1, 0.15) is 22.5 Å². The van der Waals surface area contributed by atoms with Gasteiger partial charge in [0.05, 0.1) is 11.6 Å². The van der Waals surface area contributed by atoms with E-state index in [9.17, 15) is 9.59 Å². The number of amides is 1. The number of hydrogen-bond acceptors (Lipinski definition) is 7. The number of esters is 1. The summed E-state index contributed by atoms with van der Waals surface area (Å²) in [4.78, 5) is 23.1. The van der Waals surface area contributed by atoms with Gasteiger partial charge in [0.2, 0.25) is 5.91 Å². The van der Waals surface area contributed by atoms with E-state index in [0.29, 0.717) is 21.3 Å². The molecule has 0 bridgehead atoms. The molecule has 1 amide bonds. The highest BCUT2D eigenvalue weighted by molar-refractivity contribution is 7.10. The molecule has 1 N–H and O–H groups in total. The van der Waals surface area contributed by atoms with Gasteiger partial charge in [0.25, 0.3) is 0 Å². The normalized spacial score (nSPS) is 9.82. The minimum absolute atomic E-state index is 0.0607. The molecule has 1 aromatic carbocycles. The van der Waals surface area contributed by atoms with Gasteiger partial charge in [-0.2, -0.15) is 5.26 Å². The Hall–Kier alpha value is -2.50. The Bertz CT molecular complexity index is 724. The molecule has 22 heavy (non-hydrogen) atoms. The van der Waals surface area contributed by atoms with E-state index in [1.807, 2.05) is 0 Å². The van der Waals surface area contributed by atoms with Gasteiger partial charge in [-0.25, -0.2) is 4.79 Å². The second kappa shape index (κ2) is 7.49. The maximum absolute atomic E-state index is 11.8. The van der Waals surface area contributed by atoms with E-state index in [0.717, 1.165) is 11.5 Å². The monoisotopic (exact) mass is 336 g/mol. The van der Waals surface area contributed by atoms with Crippen LogP contribution in [0.3, 0.4) is 0 Å². The van der Waals surface area contributed by atoms with E-state index in [2.05, 4.69) is 14.9 Å². The van der Waals surface area contributed by atoms with Crippen LogP contribution in [-0.2, 0) is 16.1 Å². The summed E-state index contributed by atoms with van der Waals surface area (Å²) < 4.78 is 9.07. The number of benzene rings is 1. The van der Waals surface area contributed by atoms with Crippen molar-refractivity contribution in [1.29, 1.82) is 5.26 Å². The van der Waals surface area contributed by atoms with Crippen molar-refractivity contribution in [1.82, 2.24) is 9.59 Å². The average Bonchev–Trinajstić information content (AvgIpc) is 2.91. The lowest BCUT2D eigenvalue weighted by Crippen LogP contribution is -2.10. The van der Waals surface area contributed by atoms with E-state index in [4.69, 9.17) is 21.6 Å². The molecule has 1 aromatic heterocycles. The molecule has 9 heteroatoms. The molecule has 0 spiro atoms. The van der Waals surface area contributed by atoms with E-state index in [1.54, 1.807) is 18.2 Å². The largest absolute Gasteiger partial charge is 0.455 e. The molecule has 0 saturated heterocycles. The molecule has 0 unspecified atom stereocenters. The molecule has 7 nitrogen and oxygen atoms in total. The van der Waals surface area contributed by atoms with Gasteiger partial charge in [-0.05, 0) is 24.3 Å². The first kappa shape index (κ1) is 15.9. The van der Waals surface area contributed by atoms with Crippen molar-refractivity contribution in [2.24, 2.45) is 0 Å². The zero-order chi connectivity index (χ0) is 15.9. The van der Waals surface area contributed by atoms with Gasteiger partial charge in [0, 0.05) is 17.2 Å². The summed E-state index contributed by atoms with van der Waals surface area (Å²) in [6.07, 6.45) is -0.230. The number of rotatable bonds is 5. The number of hydrogen-bond donors (Lipinski definition) is 1. The Kier molecular flexibility index (Phi) is 5.41. The van der Waals surface area contributed by atoms with Crippen LogP contribution in [0.5, 0.6) is 0 Å². The smallest absolute Gasteiger partial charge is 0.338 e. The molecule has 0 radical (unpaired) electrons. The predicted octanol–water partition coefficient (Wildman–Crippen LogP) is 2.40. The molecule has 0 fully saturated rings. The van der Waals surface area contributed by atoms with Crippen LogP contribution in [0.4, 0.5) is 5.69 Å². The van der Waals surface area contributed by atoms with Crippen molar-refractivity contribution in [2.75, 3.05) is 5.32 Å². The number of carbonyl (C=O) groups excluding carboxylic acids is 2. The van der Waals surface area contributed by atoms with Crippen molar-refractivity contribution in [3.8, 4) is 6.07 Å². The summed E-state index contributed by atoms with van der Waals surface area (Å²) in [7, 11) is 0. The molecule has 0 aliphatic rings. The highest BCUT2D eigenvalue weighted by Gasteiger charge is 2.11. The van der Waals surface area contributed by atoms with Crippen LogP contribution >= 0.6 is 23.1 Å². The van der Waals surface area contributed by atoms with E-state index >= 15 is 0 Å². The third kappa shape index (κ3) is 4.25. The Labute approximate surface area is 134 Å². The lowest BCUT2D eigenvalue weighted by atomic mass is 10.2. The zero-order valence-corrected chi connectivity index (χ0v) is 12.6. The maximum atomic E-state index is 11.8. The molecule has 0 aliphatic carbocycles. The number of aromatic nitrogens is 2. The predicted molar refractivity (Wildman–Crippen MR) is 79.3 cm³/mol. The molecule has 1 heterocycles. The Morgan fingerprint density at radius 3 is 2.68 bits per heavy atom.